The number of likely N-dealkylation sites (N-methyl/N-ethyl adjacent to an activating group) is 1. The minimum atomic E-state index is -1.32. The predicted molar refractivity (Wildman–Crippen MR) is 239 cm³/mol. The van der Waals surface area contributed by atoms with Gasteiger partial charge in [-0.3, -0.25) is 38.4 Å². The first-order chi connectivity index (χ1) is 31.9. The molecule has 24 heteroatoms. The summed E-state index contributed by atoms with van der Waals surface area (Å²) in [5, 5.41) is 45.9. The van der Waals surface area contributed by atoms with E-state index >= 15 is 0 Å². The third kappa shape index (κ3) is 37.5. The Balaban J connectivity index is 3.93. The highest BCUT2D eigenvalue weighted by molar-refractivity contribution is 5.86. The Bertz CT molecular complexity index is 1520. The standard InChI is InChI=1S/C43H75N7O17/c1-30(13-16-35(52)45-19-9-8-10-32(44-3)31(2)51)48-38(55)18-15-34(43(62)63)50-40(57)29-67-27-25-65-23-21-47-39(56)28-66-26-24-64-22-20-46-36(53)17-14-33(42(60)61)49-37(54)11-6-4-5-7-12-41(58)59/h30,32-34,44H,4-29H2,1-3H3,(H,45,52)(H,46,53)(H,47,56)(H,48,55)(H,49,54)(H,50,57)(H,58,59)(H,60,61)(H,62,63)/t30-,32+,33+,34+/m1/s1. The average Bonchev–Trinajstić information content (AvgIpc) is 3.26. The van der Waals surface area contributed by atoms with Crippen LogP contribution >= 0.6 is 0 Å². The zero-order valence-corrected chi connectivity index (χ0v) is 39.3. The molecule has 4 atom stereocenters. The van der Waals surface area contributed by atoms with E-state index in [1.54, 1.807) is 14.0 Å². The second-order valence-electron chi connectivity index (χ2n) is 15.6. The van der Waals surface area contributed by atoms with Crippen LogP contribution in [0.15, 0.2) is 0 Å². The number of carbonyl (C=O) groups is 10. The number of nitrogens with one attached hydrogen (secondary N) is 7. The Kier molecular flexibility index (Phi) is 36.7. The number of carboxylic acid groups (broad SMARTS) is 3. The number of unbranched alkanes of at least 4 members (excludes halogenated alkanes) is 4. The maximum absolute atomic E-state index is 12.4. The average molecular weight is 962 g/mol. The molecule has 0 aromatic rings. The van der Waals surface area contributed by atoms with Gasteiger partial charge in [-0.1, -0.05) is 12.8 Å². The van der Waals surface area contributed by atoms with E-state index in [0.717, 1.165) is 12.8 Å². The lowest BCUT2D eigenvalue weighted by molar-refractivity contribution is -0.143. The molecule has 0 aliphatic carbocycles. The van der Waals surface area contributed by atoms with Crippen molar-refractivity contribution in [1.29, 1.82) is 0 Å². The molecule has 0 heterocycles. The number of rotatable bonds is 44. The summed E-state index contributed by atoms with van der Waals surface area (Å²) < 4.78 is 21.1. The number of carboxylic acids is 3. The molecule has 6 amide bonds. The van der Waals surface area contributed by atoms with Crippen LogP contribution in [0.25, 0.3) is 0 Å². The lowest BCUT2D eigenvalue weighted by Gasteiger charge is -2.17. The van der Waals surface area contributed by atoms with Crippen molar-refractivity contribution in [3.8, 4) is 0 Å². The van der Waals surface area contributed by atoms with E-state index in [1.807, 2.05) is 0 Å². The van der Waals surface area contributed by atoms with Gasteiger partial charge < -0.3 is 71.5 Å². The van der Waals surface area contributed by atoms with E-state index < -0.39 is 66.1 Å². The number of ether oxygens (including phenoxy) is 4. The Morgan fingerprint density at radius 3 is 1.43 bits per heavy atom. The normalized spacial score (nSPS) is 12.7. The van der Waals surface area contributed by atoms with Gasteiger partial charge in [-0.25, -0.2) is 9.59 Å². The van der Waals surface area contributed by atoms with Crippen molar-refractivity contribution in [2.45, 2.75) is 134 Å². The third-order valence-corrected chi connectivity index (χ3v) is 9.77. The first-order valence-electron chi connectivity index (χ1n) is 22.8. The van der Waals surface area contributed by atoms with Crippen molar-refractivity contribution in [3.63, 3.8) is 0 Å². The molecule has 0 unspecified atom stereocenters. The molecule has 0 rings (SSSR count). The molecule has 24 nitrogen and oxygen atoms in total. The maximum atomic E-state index is 12.4. The minimum Gasteiger partial charge on any atom is -0.481 e. The molecular formula is C43H75N7O17. The highest BCUT2D eigenvalue weighted by Gasteiger charge is 2.23. The number of Topliss-reactive ketones (excluding diaryl/α,β-unsaturated/α-hetero) is 1. The summed E-state index contributed by atoms with van der Waals surface area (Å²) in [7, 11) is 1.73. The van der Waals surface area contributed by atoms with Crippen LogP contribution in [0.2, 0.25) is 0 Å². The number of amides is 6. The van der Waals surface area contributed by atoms with Crippen LogP contribution in [0.5, 0.6) is 0 Å². The van der Waals surface area contributed by atoms with Gasteiger partial charge in [-0.15, -0.1) is 0 Å². The van der Waals surface area contributed by atoms with Crippen molar-refractivity contribution in [2.75, 3.05) is 79.5 Å². The highest BCUT2D eigenvalue weighted by Crippen LogP contribution is 2.07. The van der Waals surface area contributed by atoms with Gasteiger partial charge in [0.1, 0.15) is 31.1 Å². The van der Waals surface area contributed by atoms with Crippen LogP contribution in [0.4, 0.5) is 0 Å². The van der Waals surface area contributed by atoms with Crippen LogP contribution in [0.3, 0.4) is 0 Å². The van der Waals surface area contributed by atoms with Gasteiger partial charge in [0.05, 0.1) is 45.7 Å². The largest absolute Gasteiger partial charge is 0.481 e. The van der Waals surface area contributed by atoms with Gasteiger partial charge >= 0.3 is 17.9 Å². The fraction of sp³-hybridized carbons (Fsp3) is 0.767. The van der Waals surface area contributed by atoms with Gasteiger partial charge in [-0.05, 0) is 72.3 Å². The number of aliphatic carboxylic acids is 3. The van der Waals surface area contributed by atoms with Gasteiger partial charge in [-0.2, -0.15) is 0 Å². The molecule has 0 aliphatic heterocycles. The Hall–Kier alpha value is -5.30. The summed E-state index contributed by atoms with van der Waals surface area (Å²) in [6.45, 7) is 3.98. The predicted octanol–water partition coefficient (Wildman–Crippen LogP) is -0.842. The Morgan fingerprint density at radius 2 is 0.896 bits per heavy atom. The van der Waals surface area contributed by atoms with Crippen LogP contribution in [-0.2, 0) is 66.9 Å². The second-order valence-corrected chi connectivity index (χ2v) is 15.6. The summed E-state index contributed by atoms with van der Waals surface area (Å²) in [4.78, 5) is 118. The summed E-state index contributed by atoms with van der Waals surface area (Å²) in [6.07, 6.45) is 4.64. The topological polar surface area (TPSA) is 353 Å². The molecule has 0 bridgehead atoms. The monoisotopic (exact) mass is 962 g/mol. The molecule has 0 saturated carbocycles. The van der Waals surface area contributed by atoms with Gasteiger partial charge in [0.2, 0.25) is 35.4 Å². The summed E-state index contributed by atoms with van der Waals surface area (Å²) in [5.74, 6) is -5.95. The third-order valence-electron chi connectivity index (χ3n) is 9.77. The molecule has 67 heavy (non-hydrogen) atoms. The lowest BCUT2D eigenvalue weighted by Crippen LogP contribution is -2.43. The molecule has 0 aromatic heterocycles. The zero-order chi connectivity index (χ0) is 50.2. The highest BCUT2D eigenvalue weighted by atomic mass is 16.5. The van der Waals surface area contributed by atoms with E-state index in [2.05, 4.69) is 37.2 Å². The van der Waals surface area contributed by atoms with Gasteiger partial charge in [0.15, 0.2) is 0 Å². The van der Waals surface area contributed by atoms with Crippen LogP contribution in [0.1, 0.15) is 110 Å². The number of hydrogen-bond acceptors (Lipinski definition) is 15. The van der Waals surface area contributed by atoms with Crippen molar-refractivity contribution >= 4 is 59.1 Å². The van der Waals surface area contributed by atoms with E-state index in [4.69, 9.17) is 24.1 Å². The SMILES string of the molecule is CN[C@@H](CCCCNC(=O)CC[C@@H](C)NC(=O)CC[C@H](NC(=O)COCCOCCNC(=O)COCCOCCNC(=O)CC[C@H](NC(=O)CCCCCCC(=O)O)C(=O)O)C(=O)O)C(C)=O. The summed E-state index contributed by atoms with van der Waals surface area (Å²) in [5.41, 5.74) is 0. The first-order valence-corrected chi connectivity index (χ1v) is 22.8. The fourth-order valence-corrected chi connectivity index (χ4v) is 6.02. The van der Waals surface area contributed by atoms with Crippen LogP contribution in [-0.4, -0.2) is 178 Å². The summed E-state index contributed by atoms with van der Waals surface area (Å²) in [6, 6.07) is -3.08. The minimum absolute atomic E-state index is 0.00899. The molecule has 0 spiro atoms. The Labute approximate surface area is 391 Å². The lowest BCUT2D eigenvalue weighted by atomic mass is 10.1. The van der Waals surface area contributed by atoms with E-state index in [9.17, 15) is 58.2 Å². The zero-order valence-electron chi connectivity index (χ0n) is 39.3. The fourth-order valence-electron chi connectivity index (χ4n) is 6.02. The number of ketones is 1. The van der Waals surface area contributed by atoms with Crippen molar-refractivity contribution in [3.05, 3.63) is 0 Å². The van der Waals surface area contributed by atoms with Gasteiger partial charge in [0.25, 0.3) is 0 Å². The quantitative estimate of drug-likeness (QED) is 0.0333. The first kappa shape index (κ1) is 61.7. The molecule has 0 radical (unpaired) electrons. The van der Waals surface area contributed by atoms with E-state index in [0.29, 0.717) is 45.1 Å². The second kappa shape index (κ2) is 39.8. The molecule has 384 valence electrons. The van der Waals surface area contributed by atoms with Crippen molar-refractivity contribution < 1.29 is 82.2 Å². The number of carbonyl (C=O) groups excluding carboxylic acids is 7. The molecule has 10 N–H and O–H groups in total. The molecule has 0 saturated heterocycles. The maximum Gasteiger partial charge on any atom is 0.326 e. The Morgan fingerprint density at radius 1 is 0.433 bits per heavy atom. The van der Waals surface area contributed by atoms with E-state index in [1.165, 1.54) is 6.92 Å². The van der Waals surface area contributed by atoms with Gasteiger partial charge in [0, 0.05) is 57.8 Å². The van der Waals surface area contributed by atoms with E-state index in [-0.39, 0.29) is 128 Å². The molecule has 0 aromatic carbocycles. The van der Waals surface area contributed by atoms with Crippen molar-refractivity contribution in [2.24, 2.45) is 0 Å². The smallest absolute Gasteiger partial charge is 0.326 e. The van der Waals surface area contributed by atoms with Crippen molar-refractivity contribution in [1.82, 2.24) is 37.2 Å². The van der Waals surface area contributed by atoms with Crippen LogP contribution < -0.4 is 37.2 Å². The molecular weight excluding hydrogens is 887 g/mol. The summed E-state index contributed by atoms with van der Waals surface area (Å²) >= 11 is 0. The molecule has 0 fully saturated rings. The molecule has 0 aliphatic rings. The number of hydrogen-bond donors (Lipinski definition) is 10. The van der Waals surface area contributed by atoms with Crippen LogP contribution in [0, 0.1) is 0 Å².